The largest absolute Gasteiger partial charge is 0.497 e. The third-order valence-electron chi connectivity index (χ3n) is 3.27. The second-order valence-electron chi connectivity index (χ2n) is 4.33. The Morgan fingerprint density at radius 1 is 1.11 bits per heavy atom. The van der Waals surface area contributed by atoms with Crippen LogP contribution in [0.5, 0.6) is 11.5 Å². The van der Waals surface area contributed by atoms with Gasteiger partial charge in [0, 0.05) is 12.7 Å². The fourth-order valence-electron chi connectivity index (χ4n) is 2.28. The quantitative estimate of drug-likeness (QED) is 0.786. The molecule has 1 rings (SSSR count). The van der Waals surface area contributed by atoms with Gasteiger partial charge in [0.15, 0.2) is 0 Å². The van der Waals surface area contributed by atoms with Crippen molar-refractivity contribution in [3.8, 4) is 11.5 Å². The summed E-state index contributed by atoms with van der Waals surface area (Å²) >= 11 is 0. The second-order valence-corrected chi connectivity index (χ2v) is 4.33. The van der Waals surface area contributed by atoms with E-state index >= 15 is 0 Å². The van der Waals surface area contributed by atoms with Gasteiger partial charge in [-0.05, 0) is 31.2 Å². The summed E-state index contributed by atoms with van der Waals surface area (Å²) in [7, 11) is 5.09. The summed E-state index contributed by atoms with van der Waals surface area (Å²) in [4.78, 5) is 0. The molecule has 0 radical (unpaired) electrons. The first-order chi connectivity index (χ1) is 9.21. The Balaban J connectivity index is 3.18. The highest BCUT2D eigenvalue weighted by Gasteiger charge is 2.24. The summed E-state index contributed by atoms with van der Waals surface area (Å²) in [5, 5.41) is 3.47. The third kappa shape index (κ3) is 3.85. The van der Waals surface area contributed by atoms with Crippen LogP contribution in [0.3, 0.4) is 0 Å². The second kappa shape index (κ2) is 8.02. The molecule has 0 aliphatic carbocycles. The number of rotatable bonds is 8. The van der Waals surface area contributed by atoms with Crippen LogP contribution in [0, 0.1) is 0 Å². The predicted octanol–water partition coefficient (Wildman–Crippen LogP) is 2.78. The Labute approximate surface area is 116 Å². The lowest BCUT2D eigenvalue weighted by Gasteiger charge is -2.27. The van der Waals surface area contributed by atoms with E-state index in [1.807, 2.05) is 18.2 Å². The van der Waals surface area contributed by atoms with Gasteiger partial charge in [-0.15, -0.1) is 0 Å². The molecule has 0 aromatic heterocycles. The molecule has 0 amide bonds. The van der Waals surface area contributed by atoms with Crippen molar-refractivity contribution in [1.29, 1.82) is 0 Å². The minimum Gasteiger partial charge on any atom is -0.497 e. The maximum Gasteiger partial charge on any atom is 0.124 e. The van der Waals surface area contributed by atoms with Crippen molar-refractivity contribution in [3.05, 3.63) is 23.8 Å². The van der Waals surface area contributed by atoms with E-state index in [2.05, 4.69) is 19.2 Å². The van der Waals surface area contributed by atoms with Crippen molar-refractivity contribution in [3.63, 3.8) is 0 Å². The molecule has 0 fully saturated rings. The molecule has 1 aromatic carbocycles. The molecule has 4 heteroatoms. The number of hydrogen-bond acceptors (Lipinski definition) is 4. The van der Waals surface area contributed by atoms with Crippen molar-refractivity contribution >= 4 is 0 Å². The van der Waals surface area contributed by atoms with E-state index < -0.39 is 0 Å². The molecule has 0 aliphatic rings. The van der Waals surface area contributed by atoms with Crippen LogP contribution in [0.1, 0.15) is 31.9 Å². The van der Waals surface area contributed by atoms with Crippen molar-refractivity contribution in [2.45, 2.75) is 32.4 Å². The van der Waals surface area contributed by atoms with Gasteiger partial charge in [0.2, 0.25) is 0 Å². The Morgan fingerprint density at radius 2 is 1.84 bits per heavy atom. The first kappa shape index (κ1) is 15.8. The van der Waals surface area contributed by atoms with Gasteiger partial charge in [-0.1, -0.05) is 13.8 Å². The molecule has 0 heterocycles. The Morgan fingerprint density at radius 3 is 2.32 bits per heavy atom. The van der Waals surface area contributed by atoms with Crippen LogP contribution in [-0.4, -0.2) is 34.0 Å². The molecule has 1 aromatic rings. The average Bonchev–Trinajstić information content (AvgIpc) is 2.46. The standard InChI is InChI=1S/C15H25NO3/c1-6-13(18-4)15(16-7-2)12-10-11(17-3)8-9-14(12)19-5/h8-10,13,15-16H,6-7H2,1-5H3. The summed E-state index contributed by atoms with van der Waals surface area (Å²) in [6.07, 6.45) is 1.02. The lowest BCUT2D eigenvalue weighted by molar-refractivity contribution is 0.0647. The fourth-order valence-corrected chi connectivity index (χ4v) is 2.28. The summed E-state index contributed by atoms with van der Waals surface area (Å²) in [5.41, 5.74) is 1.07. The van der Waals surface area contributed by atoms with Crippen molar-refractivity contribution in [1.82, 2.24) is 5.32 Å². The highest BCUT2D eigenvalue weighted by molar-refractivity contribution is 5.42. The van der Waals surface area contributed by atoms with Gasteiger partial charge in [0.1, 0.15) is 11.5 Å². The number of likely N-dealkylation sites (N-methyl/N-ethyl adjacent to an activating group) is 1. The van der Waals surface area contributed by atoms with Gasteiger partial charge >= 0.3 is 0 Å². The van der Waals surface area contributed by atoms with Crippen LogP contribution < -0.4 is 14.8 Å². The van der Waals surface area contributed by atoms with Gasteiger partial charge in [-0.2, -0.15) is 0 Å². The third-order valence-corrected chi connectivity index (χ3v) is 3.27. The number of hydrogen-bond donors (Lipinski definition) is 1. The van der Waals surface area contributed by atoms with Crippen LogP contribution >= 0.6 is 0 Å². The van der Waals surface area contributed by atoms with Crippen LogP contribution in [0.25, 0.3) is 0 Å². The summed E-state index contributed by atoms with van der Waals surface area (Å²) in [6.45, 7) is 5.07. The zero-order valence-electron chi connectivity index (χ0n) is 12.5. The number of methoxy groups -OCH3 is 3. The number of ether oxygens (including phenoxy) is 3. The molecule has 19 heavy (non-hydrogen) atoms. The first-order valence-corrected chi connectivity index (χ1v) is 6.69. The minimum atomic E-state index is 0.0880. The van der Waals surface area contributed by atoms with Crippen molar-refractivity contribution in [2.24, 2.45) is 0 Å². The molecule has 0 bridgehead atoms. The Hall–Kier alpha value is -1.26. The van der Waals surface area contributed by atoms with E-state index in [4.69, 9.17) is 14.2 Å². The average molecular weight is 267 g/mol. The summed E-state index contributed by atoms with van der Waals surface area (Å²) < 4.78 is 16.3. The highest BCUT2D eigenvalue weighted by atomic mass is 16.5. The Bertz CT molecular complexity index is 378. The topological polar surface area (TPSA) is 39.7 Å². The fraction of sp³-hybridized carbons (Fsp3) is 0.600. The van der Waals surface area contributed by atoms with Gasteiger partial charge < -0.3 is 19.5 Å². The molecular formula is C15H25NO3. The molecular weight excluding hydrogens is 242 g/mol. The molecule has 1 N–H and O–H groups in total. The van der Waals surface area contributed by atoms with Crippen LogP contribution in [0.4, 0.5) is 0 Å². The maximum absolute atomic E-state index is 5.58. The molecule has 2 atom stereocenters. The van der Waals surface area contributed by atoms with Crippen LogP contribution in [0.2, 0.25) is 0 Å². The van der Waals surface area contributed by atoms with Gasteiger partial charge in [-0.25, -0.2) is 0 Å². The van der Waals surface area contributed by atoms with Gasteiger partial charge in [-0.3, -0.25) is 0 Å². The number of benzene rings is 1. The van der Waals surface area contributed by atoms with E-state index in [0.29, 0.717) is 0 Å². The Kier molecular flexibility index (Phi) is 6.67. The van der Waals surface area contributed by atoms with Gasteiger partial charge in [0.25, 0.3) is 0 Å². The molecule has 4 nitrogen and oxygen atoms in total. The summed E-state index contributed by atoms with van der Waals surface area (Å²) in [6, 6.07) is 5.93. The van der Waals surface area contributed by atoms with E-state index in [0.717, 1.165) is 30.0 Å². The monoisotopic (exact) mass is 267 g/mol. The normalized spacial score (nSPS) is 13.9. The molecule has 0 aliphatic heterocycles. The smallest absolute Gasteiger partial charge is 0.124 e. The van der Waals surface area contributed by atoms with E-state index in [1.165, 1.54) is 0 Å². The number of nitrogens with one attached hydrogen (secondary N) is 1. The van der Waals surface area contributed by atoms with E-state index in [1.54, 1.807) is 21.3 Å². The first-order valence-electron chi connectivity index (χ1n) is 6.69. The highest BCUT2D eigenvalue weighted by Crippen LogP contribution is 2.32. The predicted molar refractivity (Wildman–Crippen MR) is 77.1 cm³/mol. The van der Waals surface area contributed by atoms with Gasteiger partial charge in [0.05, 0.1) is 26.4 Å². The van der Waals surface area contributed by atoms with Crippen LogP contribution in [-0.2, 0) is 4.74 Å². The molecule has 0 saturated carbocycles. The van der Waals surface area contributed by atoms with E-state index in [9.17, 15) is 0 Å². The zero-order valence-corrected chi connectivity index (χ0v) is 12.5. The zero-order chi connectivity index (χ0) is 14.3. The lowest BCUT2D eigenvalue weighted by Crippen LogP contribution is -2.33. The minimum absolute atomic E-state index is 0.0880. The molecule has 108 valence electrons. The molecule has 0 saturated heterocycles. The lowest BCUT2D eigenvalue weighted by atomic mass is 9.98. The van der Waals surface area contributed by atoms with E-state index in [-0.39, 0.29) is 12.1 Å². The summed E-state index contributed by atoms with van der Waals surface area (Å²) in [5.74, 6) is 1.67. The maximum atomic E-state index is 5.58. The van der Waals surface area contributed by atoms with Crippen LogP contribution in [0.15, 0.2) is 18.2 Å². The molecule has 0 spiro atoms. The molecule has 2 unspecified atom stereocenters. The van der Waals surface area contributed by atoms with Crippen molar-refractivity contribution in [2.75, 3.05) is 27.9 Å². The van der Waals surface area contributed by atoms with Crippen molar-refractivity contribution < 1.29 is 14.2 Å². The SMILES string of the molecule is CCNC(c1cc(OC)ccc1OC)C(CC)OC.